The van der Waals surface area contributed by atoms with E-state index in [4.69, 9.17) is 4.74 Å². The predicted octanol–water partition coefficient (Wildman–Crippen LogP) is 3.76. The topological polar surface area (TPSA) is 21.3 Å². The molecule has 0 aliphatic heterocycles. The van der Waals surface area contributed by atoms with E-state index in [0.29, 0.717) is 10.8 Å². The third kappa shape index (κ3) is 3.07. The quantitative estimate of drug-likeness (QED) is 0.729. The van der Waals surface area contributed by atoms with E-state index in [2.05, 4.69) is 49.5 Å². The Morgan fingerprint density at radius 3 is 2.30 bits per heavy atom. The molecule has 2 heteroatoms. The molecule has 0 bridgehead atoms. The average molecular weight is 275 g/mol. The van der Waals surface area contributed by atoms with Crippen molar-refractivity contribution in [2.45, 2.75) is 44.9 Å². The van der Waals surface area contributed by atoms with Gasteiger partial charge in [-0.3, -0.25) is 0 Å². The molecule has 20 heavy (non-hydrogen) atoms. The van der Waals surface area contributed by atoms with Gasteiger partial charge in [0.25, 0.3) is 0 Å². The molecule has 0 aromatic heterocycles. The second-order valence-corrected chi connectivity index (χ2v) is 6.38. The Morgan fingerprint density at radius 1 is 1.10 bits per heavy atom. The summed E-state index contributed by atoms with van der Waals surface area (Å²) in [6.45, 7) is 7.49. The third-order valence-electron chi connectivity index (χ3n) is 5.26. The van der Waals surface area contributed by atoms with Gasteiger partial charge in [-0.2, -0.15) is 0 Å². The number of methoxy groups -OCH3 is 1. The molecule has 1 fully saturated rings. The van der Waals surface area contributed by atoms with E-state index in [9.17, 15) is 0 Å². The van der Waals surface area contributed by atoms with Gasteiger partial charge in [0.15, 0.2) is 0 Å². The molecule has 0 spiro atoms. The van der Waals surface area contributed by atoms with Crippen molar-refractivity contribution in [2.75, 3.05) is 26.8 Å². The van der Waals surface area contributed by atoms with E-state index in [1.807, 2.05) is 0 Å². The summed E-state index contributed by atoms with van der Waals surface area (Å²) < 4.78 is 5.13. The van der Waals surface area contributed by atoms with Gasteiger partial charge < -0.3 is 10.1 Å². The lowest BCUT2D eigenvalue weighted by atomic mass is 9.48. The van der Waals surface area contributed by atoms with Crippen molar-refractivity contribution in [3.63, 3.8) is 0 Å². The molecule has 1 saturated carbocycles. The van der Waals surface area contributed by atoms with E-state index >= 15 is 0 Å². The van der Waals surface area contributed by atoms with E-state index in [-0.39, 0.29) is 0 Å². The molecule has 0 unspecified atom stereocenters. The summed E-state index contributed by atoms with van der Waals surface area (Å²) in [5.74, 6) is 0. The van der Waals surface area contributed by atoms with Gasteiger partial charge in [0.2, 0.25) is 0 Å². The minimum absolute atomic E-state index is 0.334. The smallest absolute Gasteiger partial charge is 0.0587 e. The summed E-state index contributed by atoms with van der Waals surface area (Å²) in [6, 6.07) is 11.1. The summed E-state index contributed by atoms with van der Waals surface area (Å²) in [5.41, 5.74) is 2.40. The Morgan fingerprint density at radius 2 is 1.75 bits per heavy atom. The van der Waals surface area contributed by atoms with Gasteiger partial charge in [-0.15, -0.1) is 0 Å². The van der Waals surface area contributed by atoms with Crippen molar-refractivity contribution in [3.05, 3.63) is 35.9 Å². The van der Waals surface area contributed by atoms with Crippen molar-refractivity contribution in [1.29, 1.82) is 0 Å². The highest BCUT2D eigenvalue weighted by atomic mass is 16.5. The first-order valence-electron chi connectivity index (χ1n) is 7.95. The molecule has 1 aliphatic rings. The summed E-state index contributed by atoms with van der Waals surface area (Å²) in [6.07, 6.45) is 5.24. The van der Waals surface area contributed by atoms with E-state index < -0.39 is 0 Å². The fourth-order valence-electron chi connectivity index (χ4n) is 3.86. The number of ether oxygens (including phenoxy) is 1. The van der Waals surface area contributed by atoms with Crippen LogP contribution in [0.15, 0.2) is 30.3 Å². The zero-order valence-electron chi connectivity index (χ0n) is 13.2. The SMILES string of the molecule is CCC1(CC)CC(CNCCOC)(c2ccccc2)C1. The van der Waals surface area contributed by atoms with Crippen LogP contribution in [0.25, 0.3) is 0 Å². The molecule has 1 aliphatic carbocycles. The Hall–Kier alpha value is -0.860. The molecule has 1 aromatic carbocycles. The largest absolute Gasteiger partial charge is 0.383 e. The van der Waals surface area contributed by atoms with Gasteiger partial charge in [0, 0.05) is 25.6 Å². The second-order valence-electron chi connectivity index (χ2n) is 6.38. The molecule has 112 valence electrons. The molecule has 0 saturated heterocycles. The van der Waals surface area contributed by atoms with Gasteiger partial charge in [0.05, 0.1) is 6.61 Å². The van der Waals surface area contributed by atoms with Crippen molar-refractivity contribution < 1.29 is 4.74 Å². The Labute approximate surface area is 123 Å². The zero-order chi connectivity index (χ0) is 14.5. The lowest BCUT2D eigenvalue weighted by Gasteiger charge is -2.57. The van der Waals surface area contributed by atoms with Gasteiger partial charge in [-0.05, 0) is 23.8 Å². The molecule has 1 N–H and O–H groups in total. The molecule has 1 aromatic rings. The van der Waals surface area contributed by atoms with E-state index in [0.717, 1.165) is 19.7 Å². The van der Waals surface area contributed by atoms with Crippen molar-refractivity contribution in [3.8, 4) is 0 Å². The van der Waals surface area contributed by atoms with Gasteiger partial charge >= 0.3 is 0 Å². The molecule has 0 heterocycles. The number of benzene rings is 1. The van der Waals surface area contributed by atoms with Crippen LogP contribution in [0.2, 0.25) is 0 Å². The summed E-state index contributed by atoms with van der Waals surface area (Å²) >= 11 is 0. The Balaban J connectivity index is 2.07. The maximum atomic E-state index is 5.13. The molecule has 2 nitrogen and oxygen atoms in total. The van der Waals surface area contributed by atoms with Crippen LogP contribution in [0.5, 0.6) is 0 Å². The maximum Gasteiger partial charge on any atom is 0.0587 e. The molecule has 2 rings (SSSR count). The van der Waals surface area contributed by atoms with Gasteiger partial charge in [-0.1, -0.05) is 57.0 Å². The highest BCUT2D eigenvalue weighted by molar-refractivity contribution is 5.31. The van der Waals surface area contributed by atoms with Crippen LogP contribution in [0.1, 0.15) is 45.1 Å². The van der Waals surface area contributed by atoms with Crippen LogP contribution in [0.3, 0.4) is 0 Å². The van der Waals surface area contributed by atoms with Crippen molar-refractivity contribution in [1.82, 2.24) is 5.32 Å². The first kappa shape index (κ1) is 15.5. The van der Waals surface area contributed by atoms with Crippen LogP contribution in [-0.2, 0) is 10.2 Å². The number of hydrogen-bond donors (Lipinski definition) is 1. The Bertz CT molecular complexity index is 389. The molecular formula is C18H29NO. The first-order chi connectivity index (χ1) is 9.70. The molecule has 0 radical (unpaired) electrons. The predicted molar refractivity (Wildman–Crippen MR) is 85.1 cm³/mol. The summed E-state index contributed by atoms with van der Waals surface area (Å²) in [5, 5.41) is 3.59. The van der Waals surface area contributed by atoms with Crippen LogP contribution >= 0.6 is 0 Å². The van der Waals surface area contributed by atoms with Crippen molar-refractivity contribution >= 4 is 0 Å². The minimum atomic E-state index is 0.334. The third-order valence-corrected chi connectivity index (χ3v) is 5.26. The highest BCUT2D eigenvalue weighted by Crippen LogP contribution is 2.58. The molecule has 0 atom stereocenters. The second kappa shape index (κ2) is 6.73. The van der Waals surface area contributed by atoms with Gasteiger partial charge in [-0.25, -0.2) is 0 Å². The molecular weight excluding hydrogens is 246 g/mol. The monoisotopic (exact) mass is 275 g/mol. The van der Waals surface area contributed by atoms with Crippen molar-refractivity contribution in [2.24, 2.45) is 5.41 Å². The fraction of sp³-hybridized carbons (Fsp3) is 0.667. The zero-order valence-corrected chi connectivity index (χ0v) is 13.2. The fourth-order valence-corrected chi connectivity index (χ4v) is 3.86. The number of hydrogen-bond acceptors (Lipinski definition) is 2. The summed E-state index contributed by atoms with van der Waals surface area (Å²) in [4.78, 5) is 0. The summed E-state index contributed by atoms with van der Waals surface area (Å²) in [7, 11) is 1.76. The molecule has 0 amide bonds. The Kier molecular flexibility index (Phi) is 5.22. The lowest BCUT2D eigenvalue weighted by molar-refractivity contribution is 0.0121. The maximum absolute atomic E-state index is 5.13. The van der Waals surface area contributed by atoms with E-state index in [1.54, 1.807) is 7.11 Å². The van der Waals surface area contributed by atoms with Crippen LogP contribution in [0.4, 0.5) is 0 Å². The average Bonchev–Trinajstić information content (AvgIpc) is 2.47. The van der Waals surface area contributed by atoms with Crippen LogP contribution < -0.4 is 5.32 Å². The highest BCUT2D eigenvalue weighted by Gasteiger charge is 2.52. The first-order valence-corrected chi connectivity index (χ1v) is 7.95. The van der Waals surface area contributed by atoms with Crippen LogP contribution in [0, 0.1) is 5.41 Å². The number of rotatable bonds is 8. The lowest BCUT2D eigenvalue weighted by Crippen LogP contribution is -2.54. The standard InChI is InChI=1S/C18H29NO/c1-4-17(5-2)13-18(14-17,15-19-11-12-20-3)16-9-7-6-8-10-16/h6-10,19H,4-5,11-15H2,1-3H3. The van der Waals surface area contributed by atoms with Gasteiger partial charge in [0.1, 0.15) is 0 Å². The van der Waals surface area contributed by atoms with E-state index in [1.165, 1.54) is 31.2 Å². The van der Waals surface area contributed by atoms with Crippen LogP contribution in [-0.4, -0.2) is 26.8 Å². The number of nitrogens with one attached hydrogen (secondary N) is 1. The normalized spacial score (nSPS) is 19.6. The minimum Gasteiger partial charge on any atom is -0.383 e.